The third-order valence-corrected chi connectivity index (χ3v) is 4.09. The first-order valence-electron chi connectivity index (χ1n) is 5.25. The molecule has 0 saturated heterocycles. The van der Waals surface area contributed by atoms with Crippen molar-refractivity contribution in [3.05, 3.63) is 24.5 Å². The van der Waals surface area contributed by atoms with Crippen LogP contribution in [0.2, 0.25) is 0 Å². The van der Waals surface area contributed by atoms with Crippen LogP contribution in [0.3, 0.4) is 0 Å². The number of nitrogens with zero attached hydrogens (tertiary/aromatic N) is 1. The molecule has 1 unspecified atom stereocenters. The number of aromatic nitrogens is 1. The molecule has 1 aliphatic rings. The van der Waals surface area contributed by atoms with E-state index in [1.165, 1.54) is 18.5 Å². The Morgan fingerprint density at radius 3 is 2.76 bits per heavy atom. The second-order valence-corrected chi connectivity index (χ2v) is 5.81. The number of hydrogen-bond acceptors (Lipinski definition) is 4. The minimum absolute atomic E-state index is 0. The van der Waals surface area contributed by atoms with Crippen molar-refractivity contribution < 1.29 is 8.42 Å². The summed E-state index contributed by atoms with van der Waals surface area (Å²) in [5, 5.41) is 0. The number of nitrogens with two attached hydrogens (primary N) is 1. The van der Waals surface area contributed by atoms with Gasteiger partial charge in [-0.1, -0.05) is 0 Å². The Bertz CT molecular complexity index is 448. The van der Waals surface area contributed by atoms with Gasteiger partial charge in [0.2, 0.25) is 10.0 Å². The highest BCUT2D eigenvalue weighted by Gasteiger charge is 2.29. The predicted molar refractivity (Wildman–Crippen MR) is 67.4 cm³/mol. The summed E-state index contributed by atoms with van der Waals surface area (Å²) in [6, 6.07) is 3.03. The van der Waals surface area contributed by atoms with Crippen molar-refractivity contribution in [2.45, 2.75) is 23.8 Å². The Morgan fingerprint density at radius 1 is 1.53 bits per heavy atom. The normalized spacial score (nSPS) is 17.2. The van der Waals surface area contributed by atoms with Crippen LogP contribution in [0.4, 0.5) is 0 Å². The lowest BCUT2D eigenvalue weighted by molar-refractivity contribution is 0.547. The van der Waals surface area contributed by atoms with Crippen molar-refractivity contribution in [1.29, 1.82) is 0 Å². The van der Waals surface area contributed by atoms with Crippen molar-refractivity contribution >= 4 is 22.4 Å². The highest BCUT2D eigenvalue weighted by atomic mass is 35.5. The molecule has 1 aliphatic carbocycles. The van der Waals surface area contributed by atoms with Gasteiger partial charge in [0.05, 0.1) is 0 Å². The van der Waals surface area contributed by atoms with E-state index in [9.17, 15) is 8.42 Å². The van der Waals surface area contributed by atoms with E-state index in [2.05, 4.69) is 9.71 Å². The molecule has 1 aromatic heterocycles. The first kappa shape index (κ1) is 14.4. The Morgan fingerprint density at radius 2 is 2.24 bits per heavy atom. The molecule has 0 radical (unpaired) electrons. The van der Waals surface area contributed by atoms with E-state index in [0.29, 0.717) is 12.5 Å². The van der Waals surface area contributed by atoms with E-state index in [-0.39, 0.29) is 23.3 Å². The summed E-state index contributed by atoms with van der Waals surface area (Å²) in [7, 11) is -3.45. The third-order valence-electron chi connectivity index (χ3n) is 2.68. The molecule has 1 saturated carbocycles. The van der Waals surface area contributed by atoms with Gasteiger partial charge >= 0.3 is 0 Å². The highest BCUT2D eigenvalue weighted by molar-refractivity contribution is 7.89. The van der Waals surface area contributed by atoms with Gasteiger partial charge in [-0.2, -0.15) is 0 Å². The zero-order valence-corrected chi connectivity index (χ0v) is 10.9. The summed E-state index contributed by atoms with van der Waals surface area (Å²) in [6.07, 6.45) is 5.07. The van der Waals surface area contributed by atoms with E-state index in [1.54, 1.807) is 6.07 Å². The molecule has 0 aromatic carbocycles. The Kier molecular flexibility index (Phi) is 4.88. The topological polar surface area (TPSA) is 85.1 Å². The van der Waals surface area contributed by atoms with E-state index in [0.717, 1.165) is 12.8 Å². The molecule has 0 bridgehead atoms. The first-order chi connectivity index (χ1) is 7.59. The molecule has 3 N–H and O–H groups in total. The van der Waals surface area contributed by atoms with Crippen molar-refractivity contribution in [3.63, 3.8) is 0 Å². The quantitative estimate of drug-likeness (QED) is 0.822. The van der Waals surface area contributed by atoms with Crippen molar-refractivity contribution in [2.24, 2.45) is 11.7 Å². The van der Waals surface area contributed by atoms with Gasteiger partial charge in [0, 0.05) is 25.0 Å². The van der Waals surface area contributed by atoms with Crippen LogP contribution in [0.25, 0.3) is 0 Å². The minimum Gasteiger partial charge on any atom is -0.326 e. The fourth-order valence-corrected chi connectivity index (χ4v) is 2.52. The fourth-order valence-electron chi connectivity index (χ4n) is 1.49. The summed E-state index contributed by atoms with van der Waals surface area (Å²) in [5.41, 5.74) is 5.82. The molecular formula is C10H16ClN3O2S. The van der Waals surface area contributed by atoms with Gasteiger partial charge in [-0.3, -0.25) is 4.98 Å². The smallest absolute Gasteiger partial charge is 0.242 e. The van der Waals surface area contributed by atoms with Gasteiger partial charge in [-0.05, 0) is 30.9 Å². The molecule has 2 rings (SSSR count). The van der Waals surface area contributed by atoms with Crippen LogP contribution in [0.1, 0.15) is 12.8 Å². The number of halogens is 1. The summed E-state index contributed by atoms with van der Waals surface area (Å²) >= 11 is 0. The first-order valence-corrected chi connectivity index (χ1v) is 6.73. The zero-order chi connectivity index (χ0) is 11.6. The predicted octanol–water partition coefficient (Wildman–Crippen LogP) is 0.519. The molecular weight excluding hydrogens is 262 g/mol. The minimum atomic E-state index is -3.45. The van der Waals surface area contributed by atoms with Crippen LogP contribution in [0, 0.1) is 5.92 Å². The van der Waals surface area contributed by atoms with Crippen molar-refractivity contribution in [1.82, 2.24) is 9.71 Å². The fraction of sp³-hybridized carbons (Fsp3) is 0.500. The Hall–Kier alpha value is -0.690. The second kappa shape index (κ2) is 5.77. The molecule has 0 spiro atoms. The van der Waals surface area contributed by atoms with Crippen molar-refractivity contribution in [3.8, 4) is 0 Å². The van der Waals surface area contributed by atoms with E-state index in [1.807, 2.05) is 0 Å². The number of hydrogen-bond donors (Lipinski definition) is 2. The largest absolute Gasteiger partial charge is 0.326 e. The summed E-state index contributed by atoms with van der Waals surface area (Å²) in [5.74, 6) is 0.483. The Labute approximate surface area is 107 Å². The van der Waals surface area contributed by atoms with Gasteiger partial charge in [0.1, 0.15) is 4.90 Å². The summed E-state index contributed by atoms with van der Waals surface area (Å²) < 4.78 is 26.0. The third kappa shape index (κ3) is 3.92. The van der Waals surface area contributed by atoms with Gasteiger partial charge in [0.15, 0.2) is 0 Å². The average molecular weight is 278 g/mol. The standard InChI is InChI=1S/C10H15N3O2S.ClH/c11-10(8-3-4-8)7-13-16(14,15)9-2-1-5-12-6-9;/h1-2,5-6,8,10,13H,3-4,7,11H2;1H. The molecule has 96 valence electrons. The molecule has 17 heavy (non-hydrogen) atoms. The van der Waals surface area contributed by atoms with E-state index < -0.39 is 10.0 Å². The monoisotopic (exact) mass is 277 g/mol. The van der Waals surface area contributed by atoms with Crippen LogP contribution in [0.15, 0.2) is 29.4 Å². The number of rotatable bonds is 5. The second-order valence-electron chi connectivity index (χ2n) is 4.04. The number of nitrogens with one attached hydrogen (secondary N) is 1. The van der Waals surface area contributed by atoms with E-state index in [4.69, 9.17) is 5.73 Å². The van der Waals surface area contributed by atoms with Gasteiger partial charge in [-0.15, -0.1) is 12.4 Å². The summed E-state index contributed by atoms with van der Waals surface area (Å²) in [4.78, 5) is 3.95. The lowest BCUT2D eigenvalue weighted by Crippen LogP contribution is -2.38. The van der Waals surface area contributed by atoms with Gasteiger partial charge in [-0.25, -0.2) is 13.1 Å². The highest BCUT2D eigenvalue weighted by Crippen LogP contribution is 2.31. The molecule has 0 amide bonds. The van der Waals surface area contributed by atoms with Crippen LogP contribution < -0.4 is 10.5 Å². The van der Waals surface area contributed by atoms with Crippen LogP contribution in [0.5, 0.6) is 0 Å². The van der Waals surface area contributed by atoms with Crippen molar-refractivity contribution in [2.75, 3.05) is 6.54 Å². The lowest BCUT2D eigenvalue weighted by atomic mass is 10.2. The SMILES string of the molecule is Cl.NC(CNS(=O)(=O)c1cccnc1)C1CC1. The molecule has 0 aliphatic heterocycles. The molecule has 1 heterocycles. The zero-order valence-electron chi connectivity index (χ0n) is 9.24. The maximum atomic E-state index is 11.8. The maximum absolute atomic E-state index is 11.8. The molecule has 7 heteroatoms. The molecule has 1 atom stereocenters. The van der Waals surface area contributed by atoms with Gasteiger partial charge in [0.25, 0.3) is 0 Å². The lowest BCUT2D eigenvalue weighted by Gasteiger charge is -2.11. The molecule has 5 nitrogen and oxygen atoms in total. The number of sulfonamides is 1. The molecule has 1 aromatic rings. The van der Waals surface area contributed by atoms with Crippen LogP contribution in [-0.2, 0) is 10.0 Å². The Balaban J connectivity index is 0.00000144. The van der Waals surface area contributed by atoms with Crippen LogP contribution >= 0.6 is 12.4 Å². The van der Waals surface area contributed by atoms with Crippen LogP contribution in [-0.4, -0.2) is 26.0 Å². The molecule has 1 fully saturated rings. The summed E-state index contributed by atoms with van der Waals surface area (Å²) in [6.45, 7) is 0.294. The maximum Gasteiger partial charge on any atom is 0.242 e. The van der Waals surface area contributed by atoms with E-state index >= 15 is 0 Å². The van der Waals surface area contributed by atoms with Gasteiger partial charge < -0.3 is 5.73 Å². The average Bonchev–Trinajstić information content (AvgIpc) is 3.11. The number of pyridine rings is 1.